The van der Waals surface area contributed by atoms with E-state index in [4.69, 9.17) is 9.15 Å². The highest BCUT2D eigenvalue weighted by molar-refractivity contribution is 7.17. The molecule has 0 saturated carbocycles. The van der Waals surface area contributed by atoms with Crippen molar-refractivity contribution in [3.05, 3.63) is 63.7 Å². The molecule has 5 nitrogen and oxygen atoms in total. The minimum atomic E-state index is -0.735. The van der Waals surface area contributed by atoms with Crippen molar-refractivity contribution in [2.75, 3.05) is 0 Å². The van der Waals surface area contributed by atoms with Crippen LogP contribution in [-0.2, 0) is 16.1 Å². The summed E-state index contributed by atoms with van der Waals surface area (Å²) in [4.78, 5) is 28.1. The van der Waals surface area contributed by atoms with E-state index >= 15 is 0 Å². The number of carbonyl (C=O) groups excluding carboxylic acids is 1. The van der Waals surface area contributed by atoms with Crippen molar-refractivity contribution in [2.24, 2.45) is 0 Å². The third kappa shape index (κ3) is 2.92. The highest BCUT2D eigenvalue weighted by Gasteiger charge is 2.22. The lowest BCUT2D eigenvalue weighted by atomic mass is 10.2. The predicted molar refractivity (Wildman–Crippen MR) is 82.8 cm³/mol. The average Bonchev–Trinajstić information content (AvgIpc) is 3.02. The number of rotatable bonds is 4. The van der Waals surface area contributed by atoms with Gasteiger partial charge in [0.15, 0.2) is 0 Å². The van der Waals surface area contributed by atoms with E-state index in [-0.39, 0.29) is 12.5 Å². The Hall–Kier alpha value is -2.47. The minimum Gasteiger partial charge on any atom is -0.460 e. The van der Waals surface area contributed by atoms with Crippen molar-refractivity contribution in [1.29, 1.82) is 0 Å². The zero-order valence-electron chi connectivity index (χ0n) is 11.8. The van der Waals surface area contributed by atoms with Crippen molar-refractivity contribution in [1.82, 2.24) is 4.98 Å². The molecule has 1 aromatic carbocycles. The smallest absolute Gasteiger partial charge is 0.357 e. The van der Waals surface area contributed by atoms with Gasteiger partial charge in [-0.15, -0.1) is 11.3 Å². The standard InChI is InChI=1S/C16H13NO4S/c1-10(15(18)20-9-11-5-3-2-4-6-11)14-17-12-7-8-22-13(12)16(19)21-14/h2-8,10H,9H2,1H3. The summed E-state index contributed by atoms with van der Waals surface area (Å²) in [5.74, 6) is -1.14. The molecular formula is C16H13NO4S. The Labute approximate surface area is 130 Å². The van der Waals surface area contributed by atoms with Crippen molar-refractivity contribution in [3.8, 4) is 0 Å². The summed E-state index contributed by atoms with van der Waals surface area (Å²) in [6.45, 7) is 1.78. The Morgan fingerprint density at radius 1 is 1.32 bits per heavy atom. The number of carbonyl (C=O) groups is 1. The van der Waals surface area contributed by atoms with Crippen LogP contribution in [0.25, 0.3) is 10.2 Å². The first kappa shape index (κ1) is 14.5. The van der Waals surface area contributed by atoms with E-state index in [1.807, 2.05) is 30.3 Å². The number of benzene rings is 1. The number of thiophene rings is 1. The molecular weight excluding hydrogens is 302 g/mol. The number of nitrogens with zero attached hydrogens (tertiary/aromatic N) is 1. The molecule has 112 valence electrons. The fourth-order valence-electron chi connectivity index (χ4n) is 1.97. The maximum absolute atomic E-state index is 12.1. The van der Waals surface area contributed by atoms with Crippen LogP contribution in [0.3, 0.4) is 0 Å². The van der Waals surface area contributed by atoms with Gasteiger partial charge in [-0.25, -0.2) is 9.78 Å². The summed E-state index contributed by atoms with van der Waals surface area (Å²) in [6, 6.07) is 11.1. The highest BCUT2D eigenvalue weighted by Crippen LogP contribution is 2.20. The fraction of sp³-hybridized carbons (Fsp3) is 0.188. The molecule has 0 fully saturated rings. The van der Waals surface area contributed by atoms with Crippen LogP contribution in [0.1, 0.15) is 24.3 Å². The highest BCUT2D eigenvalue weighted by atomic mass is 32.1. The summed E-state index contributed by atoms with van der Waals surface area (Å²) < 4.78 is 10.8. The lowest BCUT2D eigenvalue weighted by Gasteiger charge is -2.09. The van der Waals surface area contributed by atoms with Gasteiger partial charge in [-0.05, 0) is 23.9 Å². The van der Waals surface area contributed by atoms with Gasteiger partial charge in [-0.1, -0.05) is 30.3 Å². The molecule has 0 aliphatic heterocycles. The third-order valence-corrected chi connectivity index (χ3v) is 4.09. The van der Waals surface area contributed by atoms with Gasteiger partial charge in [0.2, 0.25) is 5.89 Å². The van der Waals surface area contributed by atoms with Crippen LogP contribution in [0.4, 0.5) is 0 Å². The van der Waals surface area contributed by atoms with Crippen molar-refractivity contribution in [3.63, 3.8) is 0 Å². The molecule has 0 spiro atoms. The number of fused-ring (bicyclic) bond motifs is 1. The first-order valence-electron chi connectivity index (χ1n) is 6.74. The molecule has 1 atom stereocenters. The summed E-state index contributed by atoms with van der Waals surface area (Å²) in [5, 5.41) is 1.76. The third-order valence-electron chi connectivity index (χ3n) is 3.21. The molecule has 0 bridgehead atoms. The first-order chi connectivity index (χ1) is 10.6. The van der Waals surface area contributed by atoms with Gasteiger partial charge in [0, 0.05) is 0 Å². The zero-order valence-corrected chi connectivity index (χ0v) is 12.6. The van der Waals surface area contributed by atoms with Gasteiger partial charge in [-0.3, -0.25) is 4.79 Å². The maximum Gasteiger partial charge on any atom is 0.357 e. The topological polar surface area (TPSA) is 69.4 Å². The maximum atomic E-state index is 12.1. The predicted octanol–water partition coefficient (Wildman–Crippen LogP) is 3.10. The van der Waals surface area contributed by atoms with E-state index in [1.54, 1.807) is 18.4 Å². The number of hydrogen-bond acceptors (Lipinski definition) is 6. The largest absolute Gasteiger partial charge is 0.460 e. The minimum absolute atomic E-state index is 0.0777. The van der Waals surface area contributed by atoms with Crippen LogP contribution in [0.5, 0.6) is 0 Å². The Balaban J connectivity index is 1.75. The SMILES string of the molecule is CC(C(=O)OCc1ccccc1)c1nc2ccsc2c(=O)o1. The second kappa shape index (κ2) is 6.11. The molecule has 0 amide bonds. The van der Waals surface area contributed by atoms with Crippen LogP contribution in [0.2, 0.25) is 0 Å². The van der Waals surface area contributed by atoms with Crippen molar-refractivity contribution in [2.45, 2.75) is 19.4 Å². The fourth-order valence-corrected chi connectivity index (χ4v) is 2.67. The van der Waals surface area contributed by atoms with E-state index in [9.17, 15) is 9.59 Å². The quantitative estimate of drug-likeness (QED) is 0.692. The summed E-state index contributed by atoms with van der Waals surface area (Å²) in [7, 11) is 0. The molecule has 0 saturated heterocycles. The van der Waals surface area contributed by atoms with E-state index < -0.39 is 17.5 Å². The molecule has 1 unspecified atom stereocenters. The lowest BCUT2D eigenvalue weighted by molar-refractivity contribution is -0.146. The van der Waals surface area contributed by atoms with Gasteiger partial charge in [0.05, 0.1) is 5.52 Å². The second-order valence-corrected chi connectivity index (χ2v) is 5.71. The van der Waals surface area contributed by atoms with Gasteiger partial charge in [0.25, 0.3) is 0 Å². The summed E-state index contributed by atoms with van der Waals surface area (Å²) >= 11 is 1.27. The van der Waals surface area contributed by atoms with Gasteiger partial charge in [0.1, 0.15) is 17.2 Å². The summed E-state index contributed by atoms with van der Waals surface area (Å²) in [5.41, 5.74) is 0.961. The molecule has 0 aliphatic rings. The van der Waals surface area contributed by atoms with E-state index in [0.717, 1.165) is 5.56 Å². The molecule has 0 N–H and O–H groups in total. The number of aromatic nitrogens is 1. The Morgan fingerprint density at radius 2 is 2.09 bits per heavy atom. The van der Waals surface area contributed by atoms with Crippen molar-refractivity contribution >= 4 is 27.5 Å². The van der Waals surface area contributed by atoms with Crippen molar-refractivity contribution < 1.29 is 13.9 Å². The molecule has 2 aromatic heterocycles. The Morgan fingerprint density at radius 3 is 2.86 bits per heavy atom. The lowest BCUT2D eigenvalue weighted by Crippen LogP contribution is -2.16. The molecule has 6 heteroatoms. The summed E-state index contributed by atoms with van der Waals surface area (Å²) in [6.07, 6.45) is 0. The van der Waals surface area contributed by atoms with Crippen LogP contribution in [-0.4, -0.2) is 11.0 Å². The number of esters is 1. The van der Waals surface area contributed by atoms with Crippen LogP contribution >= 0.6 is 11.3 Å². The Bertz CT molecular complexity index is 853. The van der Waals surface area contributed by atoms with Gasteiger partial charge < -0.3 is 9.15 Å². The molecule has 3 aromatic rings. The number of ether oxygens (including phenoxy) is 1. The number of hydrogen-bond donors (Lipinski definition) is 0. The van der Waals surface area contributed by atoms with Crippen LogP contribution in [0, 0.1) is 0 Å². The van der Waals surface area contributed by atoms with E-state index in [1.165, 1.54) is 11.3 Å². The normalized spacial score (nSPS) is 12.2. The van der Waals surface area contributed by atoms with Gasteiger partial charge in [-0.2, -0.15) is 0 Å². The van der Waals surface area contributed by atoms with E-state index in [2.05, 4.69) is 4.98 Å². The molecule has 3 rings (SSSR count). The molecule has 0 radical (unpaired) electrons. The molecule has 0 aliphatic carbocycles. The van der Waals surface area contributed by atoms with Crippen LogP contribution < -0.4 is 5.63 Å². The Kier molecular flexibility index (Phi) is 4.02. The van der Waals surface area contributed by atoms with Crippen LogP contribution in [0.15, 0.2) is 51.0 Å². The molecule has 2 heterocycles. The zero-order chi connectivity index (χ0) is 15.5. The van der Waals surface area contributed by atoms with Gasteiger partial charge >= 0.3 is 11.6 Å². The van der Waals surface area contributed by atoms with E-state index in [0.29, 0.717) is 10.2 Å². The average molecular weight is 315 g/mol. The second-order valence-electron chi connectivity index (χ2n) is 4.79. The first-order valence-corrected chi connectivity index (χ1v) is 7.62. The molecule has 22 heavy (non-hydrogen) atoms. The monoisotopic (exact) mass is 315 g/mol.